The predicted octanol–water partition coefficient (Wildman–Crippen LogP) is 3.26. The van der Waals surface area contributed by atoms with Crippen molar-refractivity contribution in [2.24, 2.45) is 0 Å². The van der Waals surface area contributed by atoms with Crippen molar-refractivity contribution in [3.05, 3.63) is 58.9 Å². The molecule has 0 fully saturated rings. The summed E-state index contributed by atoms with van der Waals surface area (Å²) in [6.07, 6.45) is 1.10. The van der Waals surface area contributed by atoms with Gasteiger partial charge in [0.15, 0.2) is 9.84 Å². The maximum absolute atomic E-state index is 13.2. The average Bonchev–Trinajstić information content (AvgIpc) is 2.52. The molecule has 0 bridgehead atoms. The van der Waals surface area contributed by atoms with Gasteiger partial charge >= 0.3 is 0 Å². The smallest absolute Gasteiger partial charge is 0.224 e. The largest absolute Gasteiger partial charge is 0.244 e. The van der Waals surface area contributed by atoms with Gasteiger partial charge in [-0.1, -0.05) is 23.7 Å². The van der Waals surface area contributed by atoms with Crippen LogP contribution in [0.15, 0.2) is 52.3 Å². The van der Waals surface area contributed by atoms with Crippen LogP contribution in [0.2, 0.25) is 5.02 Å². The molecular weight excluding hydrogens is 389 g/mol. The lowest BCUT2D eigenvalue weighted by Gasteiger charge is -2.25. The molecule has 0 aromatic heterocycles. The van der Waals surface area contributed by atoms with Crippen LogP contribution in [-0.2, 0) is 19.9 Å². The highest BCUT2D eigenvalue weighted by Crippen LogP contribution is 2.30. The third kappa shape index (κ3) is 4.20. The first-order valence-corrected chi connectivity index (χ1v) is 10.9. The monoisotopic (exact) mass is 405 g/mol. The highest BCUT2D eigenvalue weighted by molar-refractivity contribution is 7.90. The van der Waals surface area contributed by atoms with Crippen LogP contribution in [0.4, 0.5) is 4.39 Å². The Labute approximate surface area is 152 Å². The van der Waals surface area contributed by atoms with E-state index in [1.807, 2.05) is 0 Å². The molecule has 0 saturated carbocycles. The van der Waals surface area contributed by atoms with Crippen molar-refractivity contribution in [1.29, 1.82) is 0 Å². The molecule has 2 aromatic carbocycles. The number of rotatable bonds is 5. The van der Waals surface area contributed by atoms with Gasteiger partial charge in [0.05, 0.1) is 9.92 Å². The first-order valence-electron chi connectivity index (χ1n) is 7.17. The van der Waals surface area contributed by atoms with E-state index in [-0.39, 0.29) is 14.8 Å². The second kappa shape index (κ2) is 7.03. The van der Waals surface area contributed by atoms with E-state index in [2.05, 4.69) is 0 Å². The van der Waals surface area contributed by atoms with Crippen LogP contribution in [0.5, 0.6) is 0 Å². The highest BCUT2D eigenvalue weighted by Gasteiger charge is 2.28. The minimum absolute atomic E-state index is 0.149. The van der Waals surface area contributed by atoms with Gasteiger partial charge in [-0.15, -0.1) is 0 Å². The van der Waals surface area contributed by atoms with E-state index in [0.29, 0.717) is 5.56 Å². The number of halogens is 2. The van der Waals surface area contributed by atoms with Crippen molar-refractivity contribution in [2.45, 2.75) is 22.8 Å². The van der Waals surface area contributed by atoms with Crippen LogP contribution >= 0.6 is 11.6 Å². The summed E-state index contributed by atoms with van der Waals surface area (Å²) in [6, 6.07) is 8.45. The highest BCUT2D eigenvalue weighted by atomic mass is 35.5. The summed E-state index contributed by atoms with van der Waals surface area (Å²) in [6.45, 7) is 1.66. The Hall–Kier alpha value is -1.48. The molecule has 0 aliphatic rings. The van der Waals surface area contributed by atoms with E-state index in [9.17, 15) is 21.2 Å². The number of hydrogen-bond acceptors (Lipinski definition) is 4. The quantitative estimate of drug-likeness (QED) is 0.765. The summed E-state index contributed by atoms with van der Waals surface area (Å²) in [7, 11) is -5.91. The van der Waals surface area contributed by atoms with Crippen LogP contribution in [0, 0.1) is 5.82 Å². The second-order valence-electron chi connectivity index (χ2n) is 5.61. The van der Waals surface area contributed by atoms with Gasteiger partial charge in [-0.25, -0.2) is 21.2 Å². The molecule has 5 nitrogen and oxygen atoms in total. The molecule has 2 aromatic rings. The van der Waals surface area contributed by atoms with E-state index < -0.39 is 31.7 Å². The predicted molar refractivity (Wildman–Crippen MR) is 94.3 cm³/mol. The van der Waals surface area contributed by atoms with Gasteiger partial charge in [0.25, 0.3) is 0 Å². The minimum atomic E-state index is -3.96. The zero-order chi connectivity index (χ0) is 19.0. The number of nitrogens with zero attached hydrogens (tertiary/aromatic N) is 1. The van der Waals surface area contributed by atoms with Gasteiger partial charge in [-0.05, 0) is 42.8 Å². The third-order valence-corrected chi connectivity index (χ3v) is 7.43. The fourth-order valence-electron chi connectivity index (χ4n) is 2.25. The van der Waals surface area contributed by atoms with Crippen molar-refractivity contribution < 1.29 is 21.2 Å². The zero-order valence-electron chi connectivity index (χ0n) is 13.8. The lowest BCUT2D eigenvalue weighted by Crippen LogP contribution is -2.30. The molecule has 1 atom stereocenters. The topological polar surface area (TPSA) is 71.5 Å². The lowest BCUT2D eigenvalue weighted by molar-refractivity contribution is 0.398. The van der Waals surface area contributed by atoms with E-state index in [1.54, 1.807) is 19.1 Å². The van der Waals surface area contributed by atoms with Crippen molar-refractivity contribution in [3.8, 4) is 0 Å². The molecule has 25 heavy (non-hydrogen) atoms. The molecule has 9 heteroatoms. The van der Waals surface area contributed by atoms with Gasteiger partial charge in [-0.2, -0.15) is 4.31 Å². The summed E-state index contributed by atoms with van der Waals surface area (Å²) in [5.41, 5.74) is 0.608. The molecule has 0 heterocycles. The van der Waals surface area contributed by atoms with E-state index in [0.717, 1.165) is 28.8 Å². The molecular formula is C16H17ClFNO4S2. The fraction of sp³-hybridized carbons (Fsp3) is 0.250. The first-order chi connectivity index (χ1) is 11.4. The molecule has 0 aliphatic heterocycles. The first kappa shape index (κ1) is 19.8. The van der Waals surface area contributed by atoms with Crippen LogP contribution in [0.3, 0.4) is 0 Å². The molecule has 0 saturated heterocycles. The Morgan fingerprint density at radius 3 is 2.08 bits per heavy atom. The molecule has 0 amide bonds. The van der Waals surface area contributed by atoms with E-state index in [4.69, 9.17) is 11.6 Å². The van der Waals surface area contributed by atoms with E-state index in [1.165, 1.54) is 19.2 Å². The molecule has 0 aliphatic carbocycles. The Morgan fingerprint density at radius 1 is 1.04 bits per heavy atom. The molecule has 0 spiro atoms. The number of benzene rings is 2. The second-order valence-corrected chi connectivity index (χ2v) is 10.0. The van der Waals surface area contributed by atoms with Crippen LogP contribution in [0.1, 0.15) is 18.5 Å². The van der Waals surface area contributed by atoms with Gasteiger partial charge in [0.1, 0.15) is 10.7 Å². The maximum atomic E-state index is 13.2. The van der Waals surface area contributed by atoms with Crippen molar-refractivity contribution >= 4 is 31.5 Å². The summed E-state index contributed by atoms with van der Waals surface area (Å²) in [5.74, 6) is -0.629. The van der Waals surface area contributed by atoms with Gasteiger partial charge in [0, 0.05) is 19.3 Å². The van der Waals surface area contributed by atoms with Crippen LogP contribution in [-0.4, -0.2) is 34.4 Å². The van der Waals surface area contributed by atoms with Crippen LogP contribution in [0.25, 0.3) is 0 Å². The molecule has 2 rings (SSSR count). The zero-order valence-corrected chi connectivity index (χ0v) is 16.2. The van der Waals surface area contributed by atoms with Gasteiger partial charge in [0.2, 0.25) is 10.0 Å². The Morgan fingerprint density at radius 2 is 1.60 bits per heavy atom. The number of sulfonamides is 1. The van der Waals surface area contributed by atoms with Crippen molar-refractivity contribution in [1.82, 2.24) is 4.31 Å². The summed E-state index contributed by atoms with van der Waals surface area (Å²) in [5, 5.41) is -0.202. The lowest BCUT2D eigenvalue weighted by atomic mass is 10.1. The average molecular weight is 406 g/mol. The minimum Gasteiger partial charge on any atom is -0.224 e. The standard InChI is InChI=1S/C16H17ClFNO4S2/c1-11(12-4-7-14(8-5-12)24(3,20)21)19(2)25(22,23)16-9-6-13(18)10-15(16)17/h4-11H,1-3H3/t11-/m1/s1. The Kier molecular flexibility index (Phi) is 5.58. The fourth-order valence-corrected chi connectivity index (χ4v) is 4.74. The van der Waals surface area contributed by atoms with Crippen molar-refractivity contribution in [2.75, 3.05) is 13.3 Å². The molecule has 0 radical (unpaired) electrons. The summed E-state index contributed by atoms with van der Waals surface area (Å²) < 4.78 is 62.7. The van der Waals surface area contributed by atoms with Gasteiger partial charge in [-0.3, -0.25) is 0 Å². The van der Waals surface area contributed by atoms with Crippen molar-refractivity contribution in [3.63, 3.8) is 0 Å². The number of sulfone groups is 1. The normalized spacial score (nSPS) is 13.8. The maximum Gasteiger partial charge on any atom is 0.244 e. The number of hydrogen-bond donors (Lipinski definition) is 0. The Bertz CT molecular complexity index is 989. The molecule has 0 N–H and O–H groups in total. The summed E-state index contributed by atoms with van der Waals surface area (Å²) in [4.78, 5) is -0.0480. The van der Waals surface area contributed by atoms with Gasteiger partial charge < -0.3 is 0 Å². The molecule has 0 unspecified atom stereocenters. The summed E-state index contributed by atoms with van der Waals surface area (Å²) >= 11 is 5.87. The molecule has 136 valence electrons. The third-order valence-electron chi connectivity index (χ3n) is 3.89. The van der Waals surface area contributed by atoms with Crippen LogP contribution < -0.4 is 0 Å². The SMILES string of the molecule is C[C@H](c1ccc(S(C)(=O)=O)cc1)N(C)S(=O)(=O)c1ccc(F)cc1Cl. The van der Waals surface area contributed by atoms with E-state index >= 15 is 0 Å². The Balaban J connectivity index is 2.37.